The molecule has 1 unspecified atom stereocenters. The van der Waals surface area contributed by atoms with Crippen molar-refractivity contribution in [2.75, 3.05) is 43.7 Å². The second-order valence-corrected chi connectivity index (χ2v) is 18.6. The first-order valence-corrected chi connectivity index (χ1v) is 20.5. The number of carbonyl (C=O) groups is 2. The normalized spacial score (nSPS) is 24.6. The zero-order chi connectivity index (χ0) is 34.9. The number of rotatable bonds is 13. The zero-order valence-electron chi connectivity index (χ0n) is 29.1. The van der Waals surface area contributed by atoms with Crippen molar-refractivity contribution < 1.29 is 34.0 Å². The van der Waals surface area contributed by atoms with E-state index in [9.17, 15) is 19.8 Å². The van der Waals surface area contributed by atoms with E-state index in [1.807, 2.05) is 55.5 Å². The first kappa shape index (κ1) is 35.1. The molecule has 3 aromatic rings. The van der Waals surface area contributed by atoms with Gasteiger partial charge in [0.2, 0.25) is 5.91 Å². The molecule has 10 nitrogen and oxygen atoms in total. The van der Waals surface area contributed by atoms with Gasteiger partial charge in [0.15, 0.2) is 5.60 Å². The van der Waals surface area contributed by atoms with Crippen molar-refractivity contribution in [1.29, 1.82) is 0 Å². The molecule has 3 aromatic carbocycles. The molecule has 1 fully saturated rings. The molecule has 11 heteroatoms. The fourth-order valence-corrected chi connectivity index (χ4v) is 12.4. The fraction of sp³-hybridized carbons (Fsp3) is 0.474. The Kier molecular flexibility index (Phi) is 10.2. The van der Waals surface area contributed by atoms with Gasteiger partial charge < -0.3 is 35.1 Å². The lowest BCUT2D eigenvalue weighted by Gasteiger charge is -2.37. The van der Waals surface area contributed by atoms with E-state index in [1.165, 1.54) is 5.19 Å². The Hall–Kier alpha value is -3.74. The van der Waals surface area contributed by atoms with Gasteiger partial charge in [0.05, 0.1) is 39.6 Å². The Morgan fingerprint density at radius 1 is 1.02 bits per heavy atom. The van der Waals surface area contributed by atoms with Gasteiger partial charge in [-0.1, -0.05) is 37.3 Å². The van der Waals surface area contributed by atoms with Crippen LogP contribution in [0.25, 0.3) is 0 Å². The van der Waals surface area contributed by atoms with E-state index in [1.54, 1.807) is 12.0 Å². The lowest BCUT2D eigenvalue weighted by atomic mass is 9.82. The minimum Gasteiger partial charge on any atom is -0.497 e. The van der Waals surface area contributed by atoms with Crippen LogP contribution in [0, 0.1) is 5.92 Å². The van der Waals surface area contributed by atoms with Gasteiger partial charge in [-0.15, -0.1) is 0 Å². The number of nitrogens with zero attached hydrogens (tertiary/aromatic N) is 1. The van der Waals surface area contributed by atoms with Gasteiger partial charge in [-0.25, -0.2) is 0 Å². The summed E-state index contributed by atoms with van der Waals surface area (Å²) >= 11 is 0. The SMILES string of the molecule is CCOc1ccc2c(c1)CC(NCCCCO)C(=O)N2c1ccc2c(c1)[C@]1(O[C@@H](CCO)[C@H]([Si](C)(C)c3ccc(OC)cc3)[C@H]1C)C(=O)N2. The minimum absolute atomic E-state index is 0.00948. The maximum Gasteiger partial charge on any atom is 0.261 e. The molecule has 4 N–H and O–H groups in total. The minimum atomic E-state index is -2.31. The summed E-state index contributed by atoms with van der Waals surface area (Å²) in [6.07, 6.45) is 1.99. The van der Waals surface area contributed by atoms with Gasteiger partial charge in [0.25, 0.3) is 5.91 Å². The topological polar surface area (TPSA) is 130 Å². The summed E-state index contributed by atoms with van der Waals surface area (Å²) in [5, 5.41) is 27.2. The molecule has 3 aliphatic heterocycles. The van der Waals surface area contributed by atoms with E-state index in [0.29, 0.717) is 49.4 Å². The molecule has 3 aliphatic rings. The van der Waals surface area contributed by atoms with Crippen LogP contribution in [0.3, 0.4) is 0 Å². The molecule has 2 amide bonds. The third-order valence-corrected chi connectivity index (χ3v) is 15.1. The Labute approximate surface area is 289 Å². The van der Waals surface area contributed by atoms with Gasteiger partial charge in [-0.05, 0) is 98.8 Å². The number of amides is 2. The predicted molar refractivity (Wildman–Crippen MR) is 193 cm³/mol. The number of nitrogens with one attached hydrogen (secondary N) is 2. The number of anilines is 3. The number of hydrogen-bond donors (Lipinski definition) is 4. The van der Waals surface area contributed by atoms with Gasteiger partial charge in [-0.3, -0.25) is 14.5 Å². The smallest absolute Gasteiger partial charge is 0.261 e. The first-order chi connectivity index (χ1) is 23.6. The van der Waals surface area contributed by atoms with Crippen LogP contribution in [0.2, 0.25) is 18.6 Å². The van der Waals surface area contributed by atoms with Crippen molar-refractivity contribution >= 4 is 42.1 Å². The van der Waals surface area contributed by atoms with Crippen LogP contribution in [0.5, 0.6) is 11.5 Å². The van der Waals surface area contributed by atoms with E-state index in [-0.39, 0.29) is 42.6 Å². The summed E-state index contributed by atoms with van der Waals surface area (Å²) in [6, 6.07) is 19.2. The van der Waals surface area contributed by atoms with Crippen molar-refractivity contribution in [2.24, 2.45) is 5.92 Å². The molecule has 49 heavy (non-hydrogen) atoms. The number of aliphatic hydroxyl groups excluding tert-OH is 2. The number of benzene rings is 3. The summed E-state index contributed by atoms with van der Waals surface area (Å²) in [6.45, 7) is 9.85. The van der Waals surface area contributed by atoms with Gasteiger partial charge in [0, 0.05) is 36.1 Å². The largest absolute Gasteiger partial charge is 0.497 e. The molecule has 1 spiro atoms. The summed E-state index contributed by atoms with van der Waals surface area (Å²) in [4.78, 5) is 30.2. The number of fused-ring (bicyclic) bond motifs is 3. The lowest BCUT2D eigenvalue weighted by molar-refractivity contribution is -0.143. The third kappa shape index (κ3) is 6.16. The van der Waals surface area contributed by atoms with Gasteiger partial charge >= 0.3 is 0 Å². The highest BCUT2D eigenvalue weighted by Crippen LogP contribution is 2.59. The highest BCUT2D eigenvalue weighted by molar-refractivity contribution is 6.91. The zero-order valence-corrected chi connectivity index (χ0v) is 30.1. The molecule has 3 heterocycles. The lowest BCUT2D eigenvalue weighted by Crippen LogP contribution is -2.51. The molecule has 0 saturated carbocycles. The Balaban J connectivity index is 1.41. The summed E-state index contributed by atoms with van der Waals surface area (Å²) < 4.78 is 18.2. The highest BCUT2D eigenvalue weighted by atomic mass is 28.3. The third-order valence-electron chi connectivity index (χ3n) is 10.8. The van der Waals surface area contributed by atoms with Crippen LogP contribution < -0.4 is 30.2 Å². The first-order valence-electron chi connectivity index (χ1n) is 17.4. The standard InChI is InChI=1S/C38H49N3O7Si/c1-6-47-28-12-16-33-25(21-28)22-32(39-18-7-8-19-42)36(44)41(33)26-9-15-31-30(23-26)38(37(45)40-31)24(2)35(34(48-38)17-20-43)49(4,5)29-13-10-27(46-3)11-14-29/h9-16,21,23-24,32,34-35,39,42-43H,6-8,17-20,22H2,1-5H3,(H,40,45)/t24-,32?,34+,35-,38+/m1/s1. The van der Waals surface area contributed by atoms with E-state index < -0.39 is 19.7 Å². The molecule has 0 bridgehead atoms. The quantitative estimate of drug-likeness (QED) is 0.152. The van der Waals surface area contributed by atoms with Crippen LogP contribution in [0.15, 0.2) is 60.7 Å². The Bertz CT molecular complexity index is 1680. The van der Waals surface area contributed by atoms with Crippen molar-refractivity contribution in [3.8, 4) is 11.5 Å². The Morgan fingerprint density at radius 2 is 1.78 bits per heavy atom. The second kappa shape index (κ2) is 14.2. The van der Waals surface area contributed by atoms with Crippen LogP contribution in [-0.2, 0) is 26.3 Å². The fourth-order valence-electron chi connectivity index (χ4n) is 8.38. The van der Waals surface area contributed by atoms with Crippen LogP contribution in [0.4, 0.5) is 17.1 Å². The van der Waals surface area contributed by atoms with Gasteiger partial charge in [0.1, 0.15) is 11.5 Å². The summed E-state index contributed by atoms with van der Waals surface area (Å²) in [5.74, 6) is 1.01. The number of methoxy groups -OCH3 is 1. The number of ether oxygens (including phenoxy) is 3. The number of hydrogen-bond acceptors (Lipinski definition) is 8. The predicted octanol–water partition coefficient (Wildman–Crippen LogP) is 4.60. The summed E-state index contributed by atoms with van der Waals surface area (Å²) in [7, 11) is -0.654. The van der Waals surface area contributed by atoms with E-state index in [4.69, 9.17) is 14.2 Å². The van der Waals surface area contributed by atoms with Crippen molar-refractivity contribution in [2.45, 2.75) is 75.9 Å². The van der Waals surface area contributed by atoms with E-state index >= 15 is 0 Å². The van der Waals surface area contributed by atoms with Crippen LogP contribution in [0.1, 0.15) is 44.2 Å². The molecular weight excluding hydrogens is 639 g/mol. The van der Waals surface area contributed by atoms with Crippen molar-refractivity contribution in [1.82, 2.24) is 5.32 Å². The molecule has 262 valence electrons. The maximum absolute atomic E-state index is 14.3. The van der Waals surface area contributed by atoms with Crippen LogP contribution >= 0.6 is 0 Å². The number of carbonyl (C=O) groups excluding carboxylic acids is 2. The molecule has 0 aliphatic carbocycles. The highest BCUT2D eigenvalue weighted by Gasteiger charge is 2.64. The van der Waals surface area contributed by atoms with E-state index in [0.717, 1.165) is 29.2 Å². The average molecular weight is 688 g/mol. The molecule has 0 aromatic heterocycles. The summed E-state index contributed by atoms with van der Waals surface area (Å²) in [5.41, 5.74) is 2.52. The van der Waals surface area contributed by atoms with Crippen LogP contribution in [-0.4, -0.2) is 75.7 Å². The van der Waals surface area contributed by atoms with E-state index in [2.05, 4.69) is 42.8 Å². The maximum atomic E-state index is 14.3. The second-order valence-electron chi connectivity index (χ2n) is 13.9. The van der Waals surface area contributed by atoms with Crippen molar-refractivity contribution in [3.05, 3.63) is 71.8 Å². The Morgan fingerprint density at radius 3 is 2.47 bits per heavy atom. The molecule has 0 radical (unpaired) electrons. The molecule has 6 rings (SSSR count). The monoisotopic (exact) mass is 687 g/mol. The molecule has 1 saturated heterocycles. The average Bonchev–Trinajstić information content (AvgIpc) is 3.55. The van der Waals surface area contributed by atoms with Gasteiger partial charge in [-0.2, -0.15) is 0 Å². The van der Waals surface area contributed by atoms with Crippen molar-refractivity contribution in [3.63, 3.8) is 0 Å². The molecule has 5 atom stereocenters. The molecular formula is C38H49N3O7Si. The number of unbranched alkanes of at least 4 members (excludes halogenated alkanes) is 1. The number of aliphatic hydroxyl groups is 2.